The second-order valence-electron chi connectivity index (χ2n) is 4.25. The molecule has 1 aromatic rings. The van der Waals surface area contributed by atoms with E-state index >= 15 is 0 Å². The number of Topliss-reactive ketones (excluding diaryl/α,β-unsaturated/α-hetero) is 1. The Morgan fingerprint density at radius 2 is 2.29 bits per heavy atom. The lowest BCUT2D eigenvalue weighted by atomic mass is 9.96. The summed E-state index contributed by atoms with van der Waals surface area (Å²) in [5, 5.41) is 11.9. The zero-order valence-corrected chi connectivity index (χ0v) is 9.52. The van der Waals surface area contributed by atoms with E-state index in [0.717, 1.165) is 5.56 Å². The van der Waals surface area contributed by atoms with Gasteiger partial charge in [-0.1, -0.05) is 24.3 Å². The van der Waals surface area contributed by atoms with Gasteiger partial charge in [-0.3, -0.25) is 4.79 Å². The van der Waals surface area contributed by atoms with Crippen molar-refractivity contribution in [3.8, 4) is 6.07 Å². The fourth-order valence-corrected chi connectivity index (χ4v) is 2.16. The third kappa shape index (κ3) is 2.36. The van der Waals surface area contributed by atoms with Gasteiger partial charge in [0.05, 0.1) is 18.0 Å². The summed E-state index contributed by atoms with van der Waals surface area (Å²) >= 11 is 0. The van der Waals surface area contributed by atoms with Gasteiger partial charge in [-0.2, -0.15) is 5.26 Å². The van der Waals surface area contributed by atoms with E-state index in [9.17, 15) is 4.79 Å². The number of rotatable bonds is 3. The van der Waals surface area contributed by atoms with Gasteiger partial charge in [0.1, 0.15) is 0 Å². The molecule has 0 radical (unpaired) electrons. The highest BCUT2D eigenvalue weighted by Crippen LogP contribution is 2.19. The molecule has 4 nitrogen and oxygen atoms in total. The SMILES string of the molecule is N#CC1CNC(C(=O)c2ccccc2CN)C1. The smallest absolute Gasteiger partial charge is 0.180 e. The minimum Gasteiger partial charge on any atom is -0.326 e. The van der Waals surface area contributed by atoms with E-state index in [0.29, 0.717) is 25.1 Å². The summed E-state index contributed by atoms with van der Waals surface area (Å²) in [5.74, 6) is -0.0159. The minimum absolute atomic E-state index is 0.0452. The molecule has 0 aromatic heterocycles. The molecular formula is C13H15N3O. The molecule has 1 saturated heterocycles. The molecule has 1 aromatic carbocycles. The van der Waals surface area contributed by atoms with Crippen LogP contribution in [-0.4, -0.2) is 18.4 Å². The minimum atomic E-state index is -0.243. The van der Waals surface area contributed by atoms with Crippen LogP contribution in [0.1, 0.15) is 22.3 Å². The van der Waals surface area contributed by atoms with Crippen molar-refractivity contribution in [2.45, 2.75) is 19.0 Å². The normalized spacial score (nSPS) is 23.3. The average molecular weight is 229 g/mol. The number of benzene rings is 1. The molecule has 88 valence electrons. The first-order valence-corrected chi connectivity index (χ1v) is 5.71. The molecule has 0 amide bonds. The van der Waals surface area contributed by atoms with Gasteiger partial charge in [-0.05, 0) is 12.0 Å². The van der Waals surface area contributed by atoms with Crippen molar-refractivity contribution in [1.29, 1.82) is 5.26 Å². The van der Waals surface area contributed by atoms with Crippen molar-refractivity contribution in [3.63, 3.8) is 0 Å². The van der Waals surface area contributed by atoms with Crippen LogP contribution < -0.4 is 11.1 Å². The van der Waals surface area contributed by atoms with Gasteiger partial charge >= 0.3 is 0 Å². The predicted molar refractivity (Wildman–Crippen MR) is 64.2 cm³/mol. The first-order valence-electron chi connectivity index (χ1n) is 5.71. The van der Waals surface area contributed by atoms with Crippen LogP contribution in [0.5, 0.6) is 0 Å². The van der Waals surface area contributed by atoms with Crippen LogP contribution in [0, 0.1) is 17.2 Å². The van der Waals surface area contributed by atoms with E-state index in [1.54, 1.807) is 6.07 Å². The first kappa shape index (κ1) is 11.8. The number of hydrogen-bond acceptors (Lipinski definition) is 4. The molecule has 0 spiro atoms. The molecule has 4 heteroatoms. The molecule has 1 aliphatic rings. The van der Waals surface area contributed by atoms with Crippen LogP contribution in [0.15, 0.2) is 24.3 Å². The van der Waals surface area contributed by atoms with E-state index < -0.39 is 0 Å². The number of carbonyl (C=O) groups is 1. The van der Waals surface area contributed by atoms with Crippen LogP contribution in [0.2, 0.25) is 0 Å². The van der Waals surface area contributed by atoms with Gasteiger partial charge in [0.2, 0.25) is 0 Å². The Kier molecular flexibility index (Phi) is 3.52. The quantitative estimate of drug-likeness (QED) is 0.752. The Morgan fingerprint density at radius 3 is 2.94 bits per heavy atom. The first-order chi connectivity index (χ1) is 8.26. The molecule has 1 aliphatic heterocycles. The Hall–Kier alpha value is -1.70. The van der Waals surface area contributed by atoms with Gasteiger partial charge in [0.25, 0.3) is 0 Å². The van der Waals surface area contributed by atoms with Crippen molar-refractivity contribution in [3.05, 3.63) is 35.4 Å². The second kappa shape index (κ2) is 5.09. The van der Waals surface area contributed by atoms with Crippen molar-refractivity contribution in [2.75, 3.05) is 6.54 Å². The molecule has 2 unspecified atom stereocenters. The topological polar surface area (TPSA) is 78.9 Å². The summed E-state index contributed by atoms with van der Waals surface area (Å²) in [6.07, 6.45) is 0.592. The van der Waals surface area contributed by atoms with Gasteiger partial charge in [-0.25, -0.2) is 0 Å². The molecule has 17 heavy (non-hydrogen) atoms. The number of nitrogens with two attached hydrogens (primary N) is 1. The number of ketones is 1. The predicted octanol–water partition coefficient (Wildman–Crippen LogP) is 0.830. The number of nitrogens with zero attached hydrogens (tertiary/aromatic N) is 1. The number of carbonyl (C=O) groups excluding carboxylic acids is 1. The Morgan fingerprint density at radius 1 is 1.53 bits per heavy atom. The Labute approximate surface area is 100 Å². The van der Waals surface area contributed by atoms with Crippen molar-refractivity contribution in [2.24, 2.45) is 11.7 Å². The molecule has 0 saturated carbocycles. The largest absolute Gasteiger partial charge is 0.326 e. The number of hydrogen-bond donors (Lipinski definition) is 2. The fraction of sp³-hybridized carbons (Fsp3) is 0.385. The highest BCUT2D eigenvalue weighted by atomic mass is 16.1. The molecule has 2 atom stereocenters. The molecule has 3 N–H and O–H groups in total. The van der Waals surface area contributed by atoms with Gasteiger partial charge in [-0.15, -0.1) is 0 Å². The lowest BCUT2D eigenvalue weighted by Gasteiger charge is -2.11. The standard InChI is InChI=1S/C13H15N3O/c14-6-9-5-12(16-8-9)13(17)11-4-2-1-3-10(11)7-15/h1-4,9,12,16H,5,7-8,15H2. The maximum Gasteiger partial charge on any atom is 0.180 e. The van der Waals surface area contributed by atoms with Crippen molar-refractivity contribution >= 4 is 5.78 Å². The van der Waals surface area contributed by atoms with E-state index in [2.05, 4.69) is 11.4 Å². The number of nitriles is 1. The third-order valence-electron chi connectivity index (χ3n) is 3.13. The van der Waals surface area contributed by atoms with Gasteiger partial charge < -0.3 is 11.1 Å². The van der Waals surface area contributed by atoms with Crippen LogP contribution in [0.4, 0.5) is 0 Å². The molecule has 0 bridgehead atoms. The Balaban J connectivity index is 2.18. The zero-order chi connectivity index (χ0) is 12.3. The summed E-state index contributed by atoms with van der Waals surface area (Å²) in [7, 11) is 0. The molecule has 2 rings (SSSR count). The summed E-state index contributed by atoms with van der Waals surface area (Å²) in [6, 6.07) is 9.32. The highest BCUT2D eigenvalue weighted by Gasteiger charge is 2.30. The average Bonchev–Trinajstić information content (AvgIpc) is 2.86. The summed E-state index contributed by atoms with van der Waals surface area (Å²) in [4.78, 5) is 12.3. The molecule has 1 heterocycles. The highest BCUT2D eigenvalue weighted by molar-refractivity contribution is 6.01. The fourth-order valence-electron chi connectivity index (χ4n) is 2.16. The van der Waals surface area contributed by atoms with E-state index in [1.807, 2.05) is 18.2 Å². The summed E-state index contributed by atoms with van der Waals surface area (Å²) < 4.78 is 0. The van der Waals surface area contributed by atoms with Crippen molar-refractivity contribution < 1.29 is 4.79 Å². The zero-order valence-electron chi connectivity index (χ0n) is 9.52. The van der Waals surface area contributed by atoms with Crippen LogP contribution in [-0.2, 0) is 6.54 Å². The van der Waals surface area contributed by atoms with Gasteiger partial charge in [0, 0.05) is 18.7 Å². The Bertz CT molecular complexity index is 464. The van der Waals surface area contributed by atoms with Gasteiger partial charge in [0.15, 0.2) is 5.78 Å². The molecule has 1 fully saturated rings. The lowest BCUT2D eigenvalue weighted by molar-refractivity contribution is 0.0950. The van der Waals surface area contributed by atoms with E-state index in [-0.39, 0.29) is 17.7 Å². The second-order valence-corrected chi connectivity index (χ2v) is 4.25. The van der Waals surface area contributed by atoms with Crippen LogP contribution in [0.25, 0.3) is 0 Å². The maximum atomic E-state index is 12.3. The number of nitrogens with one attached hydrogen (secondary N) is 1. The monoisotopic (exact) mass is 229 g/mol. The maximum absolute atomic E-state index is 12.3. The van der Waals surface area contributed by atoms with Crippen molar-refractivity contribution in [1.82, 2.24) is 5.32 Å². The molecule has 0 aliphatic carbocycles. The molecular weight excluding hydrogens is 214 g/mol. The van der Waals surface area contributed by atoms with Crippen LogP contribution >= 0.6 is 0 Å². The lowest BCUT2D eigenvalue weighted by Crippen LogP contribution is -2.31. The van der Waals surface area contributed by atoms with Crippen LogP contribution in [0.3, 0.4) is 0 Å². The van der Waals surface area contributed by atoms with E-state index in [4.69, 9.17) is 11.0 Å². The van der Waals surface area contributed by atoms with E-state index in [1.165, 1.54) is 0 Å². The third-order valence-corrected chi connectivity index (χ3v) is 3.13. The summed E-state index contributed by atoms with van der Waals surface area (Å²) in [6.45, 7) is 0.952. The summed E-state index contributed by atoms with van der Waals surface area (Å²) in [5.41, 5.74) is 7.15.